The Kier molecular flexibility index (Phi) is 5.32. The molecule has 1 aromatic rings. The monoisotopic (exact) mass is 356 g/mol. The molecule has 4 rings (SSSR count). The molecule has 0 spiro atoms. The summed E-state index contributed by atoms with van der Waals surface area (Å²) in [5.41, 5.74) is 0.266. The number of aliphatic hydroxyl groups is 1. The Morgan fingerprint density at radius 2 is 1.73 bits per heavy atom. The second kappa shape index (κ2) is 7.69. The van der Waals surface area contributed by atoms with E-state index >= 15 is 0 Å². The number of carbonyl (C=O) groups is 1. The third-order valence-electron chi connectivity index (χ3n) is 6.44. The van der Waals surface area contributed by atoms with Crippen LogP contribution in [0.15, 0.2) is 30.3 Å². The van der Waals surface area contributed by atoms with Crippen molar-refractivity contribution in [3.05, 3.63) is 35.9 Å². The summed E-state index contributed by atoms with van der Waals surface area (Å²) < 4.78 is 0. The van der Waals surface area contributed by atoms with Crippen LogP contribution in [0, 0.1) is 11.8 Å². The van der Waals surface area contributed by atoms with Gasteiger partial charge in [0.1, 0.15) is 0 Å². The number of hydrogen-bond donors (Lipinski definition) is 1. The van der Waals surface area contributed by atoms with E-state index in [0.29, 0.717) is 18.9 Å². The van der Waals surface area contributed by atoms with Crippen LogP contribution in [0.4, 0.5) is 0 Å². The smallest absolute Gasteiger partial charge is 0.255 e. The Balaban J connectivity index is 1.28. The molecule has 0 aromatic heterocycles. The number of β-amino-alcohol motifs (C(OH)–C–C–N with tert-alkyl or cyclic N) is 1. The quantitative estimate of drug-likeness (QED) is 0.852. The number of hydrogen-bond acceptors (Lipinski definition) is 3. The van der Waals surface area contributed by atoms with E-state index in [2.05, 4.69) is 35.2 Å². The molecule has 0 bridgehead atoms. The first-order valence-electron chi connectivity index (χ1n) is 10.4. The third-order valence-corrected chi connectivity index (χ3v) is 6.44. The number of benzene rings is 1. The summed E-state index contributed by atoms with van der Waals surface area (Å²) >= 11 is 0. The van der Waals surface area contributed by atoms with E-state index in [1.807, 2.05) is 4.90 Å². The topological polar surface area (TPSA) is 43.8 Å². The molecule has 2 aliphatic heterocycles. The Labute approximate surface area is 157 Å². The van der Waals surface area contributed by atoms with E-state index in [0.717, 1.165) is 57.8 Å². The summed E-state index contributed by atoms with van der Waals surface area (Å²) in [5, 5.41) is 11.1. The molecule has 2 saturated heterocycles. The van der Waals surface area contributed by atoms with Crippen LogP contribution in [0.25, 0.3) is 0 Å². The van der Waals surface area contributed by atoms with Crippen molar-refractivity contribution in [3.8, 4) is 0 Å². The minimum Gasteiger partial charge on any atom is -0.379 e. The van der Waals surface area contributed by atoms with E-state index in [1.54, 1.807) is 0 Å². The summed E-state index contributed by atoms with van der Waals surface area (Å²) in [6.07, 6.45) is 7.51. The maximum atomic E-state index is 12.8. The Morgan fingerprint density at radius 3 is 2.42 bits per heavy atom. The zero-order valence-corrected chi connectivity index (χ0v) is 15.8. The van der Waals surface area contributed by atoms with Gasteiger partial charge in [-0.1, -0.05) is 30.3 Å². The van der Waals surface area contributed by atoms with Crippen LogP contribution < -0.4 is 0 Å². The Hall–Kier alpha value is -1.39. The summed E-state index contributed by atoms with van der Waals surface area (Å²) in [6, 6.07) is 10.7. The summed E-state index contributed by atoms with van der Waals surface area (Å²) in [4.78, 5) is 17.1. The molecule has 1 saturated carbocycles. The predicted molar refractivity (Wildman–Crippen MR) is 103 cm³/mol. The molecule has 1 aliphatic carbocycles. The van der Waals surface area contributed by atoms with Gasteiger partial charge in [0.2, 0.25) is 0 Å². The average Bonchev–Trinajstić information content (AvgIpc) is 3.46. The van der Waals surface area contributed by atoms with Crippen LogP contribution in [0.3, 0.4) is 0 Å². The number of likely N-dealkylation sites (tertiary alicyclic amines) is 2. The first-order valence-corrected chi connectivity index (χ1v) is 10.4. The molecule has 3 fully saturated rings. The van der Waals surface area contributed by atoms with Gasteiger partial charge < -0.3 is 10.0 Å². The maximum Gasteiger partial charge on any atom is 0.255 e. The Bertz CT molecular complexity index is 608. The van der Waals surface area contributed by atoms with Crippen LogP contribution in [-0.4, -0.2) is 59.1 Å². The van der Waals surface area contributed by atoms with Gasteiger partial charge >= 0.3 is 0 Å². The van der Waals surface area contributed by atoms with Crippen molar-refractivity contribution >= 4 is 5.91 Å². The van der Waals surface area contributed by atoms with E-state index in [4.69, 9.17) is 0 Å². The highest BCUT2D eigenvalue weighted by Gasteiger charge is 2.44. The zero-order chi connectivity index (χ0) is 18.0. The number of piperidine rings is 2. The number of amides is 1. The van der Waals surface area contributed by atoms with Crippen molar-refractivity contribution in [3.63, 3.8) is 0 Å². The van der Waals surface area contributed by atoms with Gasteiger partial charge in [-0.25, -0.2) is 0 Å². The van der Waals surface area contributed by atoms with Gasteiger partial charge in [-0.2, -0.15) is 0 Å². The third kappa shape index (κ3) is 4.29. The lowest BCUT2D eigenvalue weighted by Crippen LogP contribution is -2.59. The van der Waals surface area contributed by atoms with Gasteiger partial charge in [0.25, 0.3) is 5.91 Å². The van der Waals surface area contributed by atoms with Crippen LogP contribution in [0.2, 0.25) is 0 Å². The number of carbonyl (C=O) groups excluding carboxylic acids is 1. The molecule has 4 nitrogen and oxygen atoms in total. The van der Waals surface area contributed by atoms with E-state index in [-0.39, 0.29) is 5.91 Å². The Morgan fingerprint density at radius 1 is 1.00 bits per heavy atom. The van der Waals surface area contributed by atoms with Crippen molar-refractivity contribution in [1.29, 1.82) is 0 Å². The number of nitrogens with zero attached hydrogens (tertiary/aromatic N) is 2. The molecule has 142 valence electrons. The van der Waals surface area contributed by atoms with Gasteiger partial charge in [0.15, 0.2) is 5.60 Å². The van der Waals surface area contributed by atoms with Crippen LogP contribution in [-0.2, 0) is 11.2 Å². The summed E-state index contributed by atoms with van der Waals surface area (Å²) in [6.45, 7) is 4.20. The molecule has 4 heteroatoms. The van der Waals surface area contributed by atoms with Crippen molar-refractivity contribution in [2.45, 2.75) is 50.5 Å². The molecule has 1 N–H and O–H groups in total. The minimum atomic E-state index is -1.15. The molecule has 1 amide bonds. The number of rotatable bonds is 6. The molecule has 0 radical (unpaired) electrons. The van der Waals surface area contributed by atoms with Crippen LogP contribution in [0.5, 0.6) is 0 Å². The van der Waals surface area contributed by atoms with Crippen LogP contribution >= 0.6 is 0 Å². The van der Waals surface area contributed by atoms with Crippen molar-refractivity contribution < 1.29 is 9.90 Å². The molecule has 1 unspecified atom stereocenters. The van der Waals surface area contributed by atoms with E-state index in [1.165, 1.54) is 18.4 Å². The lowest BCUT2D eigenvalue weighted by molar-refractivity contribution is -0.160. The summed E-state index contributed by atoms with van der Waals surface area (Å²) in [7, 11) is 0. The molecular weight excluding hydrogens is 324 g/mol. The van der Waals surface area contributed by atoms with Crippen LogP contribution in [0.1, 0.15) is 44.1 Å². The lowest BCUT2D eigenvalue weighted by atomic mass is 9.87. The first-order chi connectivity index (χ1) is 12.6. The highest BCUT2D eigenvalue weighted by Crippen LogP contribution is 2.33. The zero-order valence-electron chi connectivity index (χ0n) is 15.8. The van der Waals surface area contributed by atoms with Gasteiger partial charge in [-0.05, 0) is 75.4 Å². The van der Waals surface area contributed by atoms with Crippen molar-refractivity contribution in [2.75, 3.05) is 32.7 Å². The fraction of sp³-hybridized carbons (Fsp3) is 0.682. The van der Waals surface area contributed by atoms with Gasteiger partial charge in [-0.15, -0.1) is 0 Å². The molecular formula is C22H32N2O2. The van der Waals surface area contributed by atoms with Crippen molar-refractivity contribution in [1.82, 2.24) is 9.80 Å². The van der Waals surface area contributed by atoms with Gasteiger partial charge in [-0.3, -0.25) is 9.69 Å². The summed E-state index contributed by atoms with van der Waals surface area (Å²) in [5.74, 6) is 1.40. The largest absolute Gasteiger partial charge is 0.379 e. The minimum absolute atomic E-state index is 0.0120. The fourth-order valence-electron chi connectivity index (χ4n) is 4.66. The first kappa shape index (κ1) is 18.0. The van der Waals surface area contributed by atoms with Crippen molar-refractivity contribution in [2.24, 2.45) is 11.8 Å². The standard InChI is InChI=1S/C22H32N2O2/c25-21-22(26,11-4-12-24(21)16-20-7-8-20)17-23-13-9-19(10-14-23)15-18-5-2-1-3-6-18/h1-3,5-6,19-20,26H,4,7-17H2. The van der Waals surface area contributed by atoms with Gasteiger partial charge in [0, 0.05) is 19.6 Å². The van der Waals surface area contributed by atoms with E-state index < -0.39 is 5.60 Å². The normalized spacial score (nSPS) is 28.5. The van der Waals surface area contributed by atoms with Gasteiger partial charge in [0.05, 0.1) is 0 Å². The molecule has 26 heavy (non-hydrogen) atoms. The second-order valence-electron chi connectivity index (χ2n) is 8.74. The maximum absolute atomic E-state index is 12.8. The fourth-order valence-corrected chi connectivity index (χ4v) is 4.66. The lowest BCUT2D eigenvalue weighted by Gasteiger charge is -2.42. The molecule has 3 aliphatic rings. The highest BCUT2D eigenvalue weighted by molar-refractivity contribution is 5.86. The van der Waals surface area contributed by atoms with E-state index in [9.17, 15) is 9.90 Å². The SMILES string of the molecule is O=C1N(CC2CC2)CCCC1(O)CN1CCC(Cc2ccccc2)CC1. The second-order valence-corrected chi connectivity index (χ2v) is 8.74. The molecule has 1 aromatic carbocycles. The highest BCUT2D eigenvalue weighted by atomic mass is 16.3. The predicted octanol–water partition coefficient (Wildman–Crippen LogP) is 2.70. The average molecular weight is 357 g/mol. The molecule has 1 atom stereocenters. The molecule has 2 heterocycles.